The Kier molecular flexibility index (Phi) is 4.69. The minimum absolute atomic E-state index is 0.0929. The van der Waals surface area contributed by atoms with E-state index in [4.69, 9.17) is 4.74 Å². The van der Waals surface area contributed by atoms with Gasteiger partial charge in [-0.25, -0.2) is 0 Å². The van der Waals surface area contributed by atoms with Crippen LogP contribution in [0.4, 0.5) is 5.69 Å². The number of thiophene rings is 1. The summed E-state index contributed by atoms with van der Waals surface area (Å²) in [5.74, 6) is 0.619. The second-order valence-corrected chi connectivity index (χ2v) is 8.13. The van der Waals surface area contributed by atoms with Gasteiger partial charge in [0.05, 0.1) is 25.2 Å². The molecule has 0 radical (unpaired) electrons. The predicted octanol–water partition coefficient (Wildman–Crippen LogP) is 5.63. The van der Waals surface area contributed by atoms with Gasteiger partial charge in [-0.1, -0.05) is 36.4 Å². The second kappa shape index (κ2) is 7.65. The maximum atomic E-state index is 12.7. The summed E-state index contributed by atoms with van der Waals surface area (Å²) in [6.45, 7) is 0. The summed E-state index contributed by atoms with van der Waals surface area (Å²) in [5.41, 5.74) is 3.59. The predicted molar refractivity (Wildman–Crippen MR) is 122 cm³/mol. The summed E-state index contributed by atoms with van der Waals surface area (Å²) < 4.78 is 6.59. The van der Waals surface area contributed by atoms with E-state index in [1.807, 2.05) is 48.5 Å². The second-order valence-electron chi connectivity index (χ2n) is 7.04. The summed E-state index contributed by atoms with van der Waals surface area (Å²) in [7, 11) is 1.61. The average molecular weight is 414 g/mol. The van der Waals surface area contributed by atoms with Crippen molar-refractivity contribution in [2.24, 2.45) is 0 Å². The Hall–Kier alpha value is -3.64. The fourth-order valence-electron chi connectivity index (χ4n) is 3.67. The first-order valence-electron chi connectivity index (χ1n) is 9.59. The van der Waals surface area contributed by atoms with Crippen LogP contribution in [0, 0.1) is 0 Å². The van der Waals surface area contributed by atoms with Crippen molar-refractivity contribution in [3.63, 3.8) is 0 Å². The van der Waals surface area contributed by atoms with Gasteiger partial charge >= 0.3 is 0 Å². The van der Waals surface area contributed by atoms with E-state index in [9.17, 15) is 4.79 Å². The molecule has 0 saturated heterocycles. The SMILES string of the molecule is COc1ccccc1CC(=O)Nc1cc(-c2cc3ccccc3s2)c2[nH]ncc2c1. The van der Waals surface area contributed by atoms with Gasteiger partial charge in [-0.2, -0.15) is 5.10 Å². The van der Waals surface area contributed by atoms with Gasteiger partial charge in [0.2, 0.25) is 5.91 Å². The molecule has 148 valence electrons. The van der Waals surface area contributed by atoms with Gasteiger partial charge in [0, 0.05) is 31.8 Å². The number of rotatable bonds is 5. The highest BCUT2D eigenvalue weighted by molar-refractivity contribution is 7.22. The number of fused-ring (bicyclic) bond motifs is 2. The highest BCUT2D eigenvalue weighted by Gasteiger charge is 2.14. The fourth-order valence-corrected chi connectivity index (χ4v) is 4.75. The zero-order chi connectivity index (χ0) is 20.5. The van der Waals surface area contributed by atoms with Gasteiger partial charge in [-0.05, 0) is 35.7 Å². The lowest BCUT2D eigenvalue weighted by atomic mass is 10.1. The van der Waals surface area contributed by atoms with E-state index in [0.717, 1.165) is 32.6 Å². The van der Waals surface area contributed by atoms with Crippen molar-refractivity contribution in [1.82, 2.24) is 10.2 Å². The molecule has 0 aliphatic carbocycles. The Balaban J connectivity index is 1.49. The number of hydrogen-bond donors (Lipinski definition) is 2. The largest absolute Gasteiger partial charge is 0.496 e. The number of aromatic nitrogens is 2. The Morgan fingerprint density at radius 1 is 1.07 bits per heavy atom. The maximum Gasteiger partial charge on any atom is 0.228 e. The van der Waals surface area contributed by atoms with Crippen molar-refractivity contribution in [3.05, 3.63) is 78.5 Å². The zero-order valence-corrected chi connectivity index (χ0v) is 17.1. The third kappa shape index (κ3) is 3.42. The minimum Gasteiger partial charge on any atom is -0.496 e. The number of nitrogens with one attached hydrogen (secondary N) is 2. The van der Waals surface area contributed by atoms with Crippen molar-refractivity contribution in [3.8, 4) is 16.2 Å². The molecule has 2 N–H and O–H groups in total. The van der Waals surface area contributed by atoms with E-state index in [1.165, 1.54) is 10.1 Å². The maximum absolute atomic E-state index is 12.7. The summed E-state index contributed by atoms with van der Waals surface area (Å²) in [6, 6.07) is 22.0. The summed E-state index contributed by atoms with van der Waals surface area (Å²) in [4.78, 5) is 13.9. The molecule has 2 heterocycles. The number of para-hydroxylation sites is 1. The molecule has 0 aliphatic heterocycles. The molecule has 5 nitrogen and oxygen atoms in total. The Bertz CT molecular complexity index is 1340. The third-order valence-electron chi connectivity index (χ3n) is 5.07. The van der Waals surface area contributed by atoms with Crippen molar-refractivity contribution in [2.75, 3.05) is 12.4 Å². The summed E-state index contributed by atoms with van der Waals surface area (Å²) in [6.07, 6.45) is 2.02. The number of ether oxygens (including phenoxy) is 1. The van der Waals surface area contributed by atoms with Crippen LogP contribution in [0.15, 0.2) is 72.9 Å². The van der Waals surface area contributed by atoms with E-state index >= 15 is 0 Å². The normalized spacial score (nSPS) is 11.1. The Labute approximate surface area is 177 Å². The Morgan fingerprint density at radius 3 is 2.77 bits per heavy atom. The van der Waals surface area contributed by atoms with E-state index in [1.54, 1.807) is 24.6 Å². The molecule has 0 saturated carbocycles. The van der Waals surface area contributed by atoms with Crippen LogP contribution in [0.3, 0.4) is 0 Å². The number of hydrogen-bond acceptors (Lipinski definition) is 4. The number of benzene rings is 3. The molecular weight excluding hydrogens is 394 g/mol. The molecule has 5 rings (SSSR count). The van der Waals surface area contributed by atoms with Crippen LogP contribution in [0.2, 0.25) is 0 Å². The summed E-state index contributed by atoms with van der Waals surface area (Å²) >= 11 is 1.73. The van der Waals surface area contributed by atoms with Gasteiger partial charge in [0.15, 0.2) is 0 Å². The zero-order valence-electron chi connectivity index (χ0n) is 16.3. The quantitative estimate of drug-likeness (QED) is 0.392. The molecule has 0 unspecified atom stereocenters. The molecule has 1 amide bonds. The number of aromatic amines is 1. The van der Waals surface area contributed by atoms with Crippen LogP contribution >= 0.6 is 11.3 Å². The number of carbonyl (C=O) groups is 1. The molecule has 0 spiro atoms. The molecule has 0 aliphatic rings. The first kappa shape index (κ1) is 18.4. The smallest absolute Gasteiger partial charge is 0.228 e. The molecule has 0 atom stereocenters. The lowest BCUT2D eigenvalue weighted by molar-refractivity contribution is -0.115. The molecule has 30 heavy (non-hydrogen) atoms. The number of nitrogens with zero attached hydrogens (tertiary/aromatic N) is 1. The van der Waals surface area contributed by atoms with Gasteiger partial charge < -0.3 is 10.1 Å². The lowest BCUT2D eigenvalue weighted by Crippen LogP contribution is -2.15. The molecular formula is C24H19N3O2S. The van der Waals surface area contributed by atoms with E-state index in [2.05, 4.69) is 33.7 Å². The van der Waals surface area contributed by atoms with Gasteiger partial charge in [-0.15, -0.1) is 11.3 Å². The van der Waals surface area contributed by atoms with E-state index in [-0.39, 0.29) is 12.3 Å². The standard InChI is InChI=1S/C24H19N3O2S/c1-29-20-8-4-2-6-15(20)12-23(28)26-18-10-17-14-25-27-24(17)19(13-18)22-11-16-7-3-5-9-21(16)30-22/h2-11,13-14H,12H2,1H3,(H,25,27)(H,26,28). The van der Waals surface area contributed by atoms with Crippen molar-refractivity contribution in [1.29, 1.82) is 0 Å². The van der Waals surface area contributed by atoms with Gasteiger partial charge in [0.25, 0.3) is 0 Å². The number of anilines is 1. The van der Waals surface area contributed by atoms with Gasteiger partial charge in [-0.3, -0.25) is 9.89 Å². The van der Waals surface area contributed by atoms with Crippen LogP contribution in [0.25, 0.3) is 31.4 Å². The Morgan fingerprint density at radius 2 is 1.90 bits per heavy atom. The third-order valence-corrected chi connectivity index (χ3v) is 6.22. The lowest BCUT2D eigenvalue weighted by Gasteiger charge is -2.10. The van der Waals surface area contributed by atoms with Crippen LogP contribution in [0.1, 0.15) is 5.56 Å². The van der Waals surface area contributed by atoms with Crippen LogP contribution in [-0.2, 0) is 11.2 Å². The monoisotopic (exact) mass is 413 g/mol. The first-order chi connectivity index (χ1) is 14.7. The van der Waals surface area contributed by atoms with Crippen molar-refractivity contribution < 1.29 is 9.53 Å². The van der Waals surface area contributed by atoms with Crippen LogP contribution in [0.5, 0.6) is 5.75 Å². The molecule has 6 heteroatoms. The van der Waals surface area contributed by atoms with Crippen molar-refractivity contribution >= 4 is 43.9 Å². The summed E-state index contributed by atoms with van der Waals surface area (Å²) in [5, 5.41) is 12.5. The topological polar surface area (TPSA) is 67.0 Å². The molecule has 0 bridgehead atoms. The molecule has 0 fully saturated rings. The minimum atomic E-state index is -0.0929. The molecule has 5 aromatic rings. The average Bonchev–Trinajstić information content (AvgIpc) is 3.40. The number of amides is 1. The van der Waals surface area contributed by atoms with E-state index < -0.39 is 0 Å². The van der Waals surface area contributed by atoms with Crippen LogP contribution in [-0.4, -0.2) is 23.2 Å². The number of methoxy groups -OCH3 is 1. The number of H-pyrrole nitrogens is 1. The molecule has 3 aromatic carbocycles. The van der Waals surface area contributed by atoms with Crippen molar-refractivity contribution in [2.45, 2.75) is 6.42 Å². The van der Waals surface area contributed by atoms with E-state index in [0.29, 0.717) is 5.75 Å². The molecule has 2 aromatic heterocycles. The number of carbonyl (C=O) groups excluding carboxylic acids is 1. The first-order valence-corrected chi connectivity index (χ1v) is 10.4. The van der Waals surface area contributed by atoms with Gasteiger partial charge in [0.1, 0.15) is 5.75 Å². The fraction of sp³-hybridized carbons (Fsp3) is 0.0833. The van der Waals surface area contributed by atoms with Crippen LogP contribution < -0.4 is 10.1 Å². The highest BCUT2D eigenvalue weighted by Crippen LogP contribution is 2.38. The highest BCUT2D eigenvalue weighted by atomic mass is 32.1.